The van der Waals surface area contributed by atoms with E-state index in [1.807, 2.05) is 0 Å². The molecule has 1 rings (SSSR count). The van der Waals surface area contributed by atoms with Crippen molar-refractivity contribution in [1.29, 1.82) is 0 Å². The van der Waals surface area contributed by atoms with Crippen LogP contribution in [0.15, 0.2) is 24.3 Å². The van der Waals surface area contributed by atoms with Gasteiger partial charge in [0.25, 0.3) is 0 Å². The topological polar surface area (TPSA) is 189 Å². The van der Waals surface area contributed by atoms with Crippen LogP contribution in [-0.2, 0) is 14.3 Å². The van der Waals surface area contributed by atoms with Crippen molar-refractivity contribution >= 4 is 5.91 Å². The fourth-order valence-electron chi connectivity index (χ4n) is 7.16. The second-order valence-corrected chi connectivity index (χ2v) is 16.1. The van der Waals surface area contributed by atoms with Crippen LogP contribution in [0.5, 0.6) is 0 Å². The molecule has 0 bridgehead atoms. The van der Waals surface area contributed by atoms with Crippen molar-refractivity contribution in [2.24, 2.45) is 0 Å². The number of carbonyl (C=O) groups excluding carboxylic acids is 1. The molecule has 0 saturated carbocycles. The molecule has 1 fully saturated rings. The molecule has 56 heavy (non-hydrogen) atoms. The second kappa shape index (κ2) is 35.5. The van der Waals surface area contributed by atoms with E-state index in [1.165, 1.54) is 103 Å². The number of allylic oxidation sites excluding steroid dienone is 4. The smallest absolute Gasteiger partial charge is 0.249 e. The first-order valence-electron chi connectivity index (χ1n) is 22.7. The van der Waals surface area contributed by atoms with Gasteiger partial charge in [-0.3, -0.25) is 4.79 Å². The summed E-state index contributed by atoms with van der Waals surface area (Å²) in [5, 5.41) is 75.5. The Bertz CT molecular complexity index is 965. The van der Waals surface area contributed by atoms with Crippen LogP contribution in [0.3, 0.4) is 0 Å². The van der Waals surface area contributed by atoms with Gasteiger partial charge in [-0.1, -0.05) is 160 Å². The highest BCUT2D eigenvalue weighted by Gasteiger charge is 2.44. The van der Waals surface area contributed by atoms with Gasteiger partial charge in [-0.2, -0.15) is 0 Å². The summed E-state index contributed by atoms with van der Waals surface area (Å²) in [5.74, 6) is -0.711. The first-order chi connectivity index (χ1) is 27.2. The quantitative estimate of drug-likeness (QED) is 0.0239. The minimum Gasteiger partial charge on any atom is -0.394 e. The first kappa shape index (κ1) is 52.6. The Hall–Kier alpha value is -1.41. The molecule has 1 heterocycles. The van der Waals surface area contributed by atoms with Crippen LogP contribution in [0.4, 0.5) is 0 Å². The second-order valence-electron chi connectivity index (χ2n) is 16.1. The van der Waals surface area contributed by atoms with Crippen LogP contribution in [0.2, 0.25) is 0 Å². The van der Waals surface area contributed by atoms with Crippen molar-refractivity contribution in [3.63, 3.8) is 0 Å². The average Bonchev–Trinajstić information content (AvgIpc) is 3.20. The summed E-state index contributed by atoms with van der Waals surface area (Å²) in [6.45, 7) is 3.39. The zero-order chi connectivity index (χ0) is 41.2. The summed E-state index contributed by atoms with van der Waals surface area (Å²) in [4.78, 5) is 13.1. The third-order valence-corrected chi connectivity index (χ3v) is 11.0. The van der Waals surface area contributed by atoms with Crippen molar-refractivity contribution in [1.82, 2.24) is 5.32 Å². The summed E-state index contributed by atoms with van der Waals surface area (Å²) < 4.78 is 11.1. The average molecular weight is 800 g/mol. The van der Waals surface area contributed by atoms with Crippen molar-refractivity contribution in [2.45, 2.75) is 242 Å². The minimum absolute atomic E-state index is 0.248. The van der Waals surface area contributed by atoms with Gasteiger partial charge in [0.05, 0.1) is 25.4 Å². The highest BCUT2D eigenvalue weighted by atomic mass is 16.7. The van der Waals surface area contributed by atoms with E-state index in [-0.39, 0.29) is 12.8 Å². The number of nitrogens with one attached hydrogen (secondary N) is 1. The number of aliphatic hydroxyl groups excluding tert-OH is 7. The molecule has 330 valence electrons. The number of hydrogen-bond acceptors (Lipinski definition) is 10. The monoisotopic (exact) mass is 800 g/mol. The molecule has 0 aromatic rings. The third-order valence-electron chi connectivity index (χ3n) is 11.0. The molecule has 1 saturated heterocycles. The van der Waals surface area contributed by atoms with E-state index in [9.17, 15) is 40.5 Å². The van der Waals surface area contributed by atoms with Gasteiger partial charge in [-0.05, 0) is 51.4 Å². The molecule has 9 atom stereocenters. The highest BCUT2D eigenvalue weighted by molar-refractivity contribution is 5.80. The molecule has 0 aromatic heterocycles. The standard InChI is InChI=1S/C45H85NO10/c1-3-5-7-9-11-13-15-17-19-21-23-25-27-29-31-33-38(49)44(54)46-36(35-55-45-43(53)42(52)41(51)39(34-47)56-45)40(50)37(48)32-30-28-26-24-22-20-18-16-14-12-10-8-6-4-2/h16,18,24,26,36-43,45,47-53H,3-15,17,19-23,25,27-35H2,1-2H3,(H,46,54)/b18-16+,26-24+. The minimum atomic E-state index is -1.67. The van der Waals surface area contributed by atoms with Gasteiger partial charge < -0.3 is 50.5 Å². The summed E-state index contributed by atoms with van der Waals surface area (Å²) in [7, 11) is 0. The van der Waals surface area contributed by atoms with E-state index >= 15 is 0 Å². The van der Waals surface area contributed by atoms with Crippen LogP contribution >= 0.6 is 0 Å². The summed E-state index contributed by atoms with van der Waals surface area (Å²) in [6.07, 6.45) is 26.5. The molecule has 1 aliphatic heterocycles. The SMILES string of the molecule is CCCCCCC/C=C/CC/C=C/CCCC(O)C(O)C(COC1OC(CO)C(O)C(O)C1O)NC(=O)C(O)CCCCCCCCCCCCCCCCC. The van der Waals surface area contributed by atoms with E-state index in [1.54, 1.807) is 0 Å². The fraction of sp³-hybridized carbons (Fsp3) is 0.889. The molecule has 1 aliphatic rings. The molecule has 0 radical (unpaired) electrons. The van der Waals surface area contributed by atoms with E-state index in [4.69, 9.17) is 9.47 Å². The Balaban J connectivity index is 2.50. The molecule has 0 spiro atoms. The Kier molecular flexibility index (Phi) is 33.4. The first-order valence-corrected chi connectivity index (χ1v) is 22.7. The normalized spacial score (nSPS) is 22.5. The molecule has 11 heteroatoms. The van der Waals surface area contributed by atoms with Crippen LogP contribution in [-0.4, -0.2) is 110 Å². The third kappa shape index (κ3) is 25.2. The van der Waals surface area contributed by atoms with Gasteiger partial charge in [-0.25, -0.2) is 0 Å². The lowest BCUT2D eigenvalue weighted by Crippen LogP contribution is -2.60. The van der Waals surface area contributed by atoms with Crippen molar-refractivity contribution in [3.05, 3.63) is 24.3 Å². The van der Waals surface area contributed by atoms with E-state index in [0.29, 0.717) is 19.3 Å². The Morgan fingerprint density at radius 2 is 1.07 bits per heavy atom. The number of carbonyl (C=O) groups is 1. The lowest BCUT2D eigenvalue weighted by atomic mass is 9.98. The van der Waals surface area contributed by atoms with Gasteiger partial charge in [0.1, 0.15) is 36.6 Å². The summed E-state index contributed by atoms with van der Waals surface area (Å²) in [5.41, 5.74) is 0. The molecular weight excluding hydrogens is 714 g/mol. The van der Waals surface area contributed by atoms with Gasteiger partial charge in [0.2, 0.25) is 5.91 Å². The van der Waals surface area contributed by atoms with Gasteiger partial charge in [0.15, 0.2) is 6.29 Å². The number of rotatable bonds is 37. The number of hydrogen-bond donors (Lipinski definition) is 8. The lowest BCUT2D eigenvalue weighted by Gasteiger charge is -2.40. The molecule has 8 N–H and O–H groups in total. The maximum absolute atomic E-state index is 13.1. The number of ether oxygens (including phenoxy) is 2. The van der Waals surface area contributed by atoms with Gasteiger partial charge in [0, 0.05) is 0 Å². The molecule has 0 aromatic carbocycles. The highest BCUT2D eigenvalue weighted by Crippen LogP contribution is 2.23. The maximum atomic E-state index is 13.1. The number of unbranched alkanes of at least 4 members (excludes halogenated alkanes) is 21. The van der Waals surface area contributed by atoms with Crippen LogP contribution < -0.4 is 5.32 Å². The fourth-order valence-corrected chi connectivity index (χ4v) is 7.16. The van der Waals surface area contributed by atoms with Gasteiger partial charge in [-0.15, -0.1) is 0 Å². The van der Waals surface area contributed by atoms with E-state index in [0.717, 1.165) is 38.5 Å². The lowest BCUT2D eigenvalue weighted by molar-refractivity contribution is -0.303. The number of aliphatic hydroxyl groups is 7. The zero-order valence-electron chi connectivity index (χ0n) is 35.4. The van der Waals surface area contributed by atoms with Crippen molar-refractivity contribution in [3.8, 4) is 0 Å². The summed E-state index contributed by atoms with van der Waals surface area (Å²) in [6, 6.07) is -1.19. The van der Waals surface area contributed by atoms with Gasteiger partial charge >= 0.3 is 0 Å². The van der Waals surface area contributed by atoms with E-state index in [2.05, 4.69) is 43.5 Å². The maximum Gasteiger partial charge on any atom is 0.249 e. The van der Waals surface area contributed by atoms with Crippen LogP contribution in [0, 0.1) is 0 Å². The molecule has 9 unspecified atom stereocenters. The molecular formula is C45H85NO10. The predicted octanol–water partition coefficient (Wildman–Crippen LogP) is 7.06. The van der Waals surface area contributed by atoms with Crippen molar-refractivity contribution < 1.29 is 50.0 Å². The summed E-state index contributed by atoms with van der Waals surface area (Å²) >= 11 is 0. The molecule has 0 aliphatic carbocycles. The largest absolute Gasteiger partial charge is 0.394 e. The Labute approximate surface area is 340 Å². The Morgan fingerprint density at radius 3 is 1.59 bits per heavy atom. The molecule has 1 amide bonds. The zero-order valence-corrected chi connectivity index (χ0v) is 35.4. The predicted molar refractivity (Wildman–Crippen MR) is 224 cm³/mol. The van der Waals surface area contributed by atoms with Crippen LogP contribution in [0.1, 0.15) is 187 Å². The number of amides is 1. The Morgan fingerprint density at radius 1 is 0.607 bits per heavy atom. The van der Waals surface area contributed by atoms with E-state index < -0.39 is 74.2 Å². The molecule has 11 nitrogen and oxygen atoms in total. The van der Waals surface area contributed by atoms with Crippen molar-refractivity contribution in [2.75, 3.05) is 13.2 Å². The van der Waals surface area contributed by atoms with Crippen LogP contribution in [0.25, 0.3) is 0 Å².